The summed E-state index contributed by atoms with van der Waals surface area (Å²) >= 11 is 5.42. The molecule has 0 fully saturated rings. The van der Waals surface area contributed by atoms with Gasteiger partial charge in [0.1, 0.15) is 0 Å². The molecule has 0 amide bonds. The van der Waals surface area contributed by atoms with Gasteiger partial charge in [-0.15, -0.1) is 11.6 Å². The summed E-state index contributed by atoms with van der Waals surface area (Å²) in [7, 11) is 0. The predicted octanol–water partition coefficient (Wildman–Crippen LogP) is -0.379. The SMILES string of the molecule is [Br-].[CH2]CCCCCCl.[Zn]. The van der Waals surface area contributed by atoms with Crippen LogP contribution in [-0.2, 0) is 19.5 Å². The summed E-state index contributed by atoms with van der Waals surface area (Å²) in [5.41, 5.74) is 0. The number of halogens is 2. The first kappa shape index (κ1) is 16.8. The van der Waals surface area contributed by atoms with Gasteiger partial charge < -0.3 is 17.0 Å². The van der Waals surface area contributed by atoms with Gasteiger partial charge in [0.2, 0.25) is 0 Å². The molecular weight excluding hydrogens is 253 g/mol. The van der Waals surface area contributed by atoms with Crippen LogP contribution in [0.1, 0.15) is 25.7 Å². The second kappa shape index (κ2) is 16.2. The molecule has 0 aromatic carbocycles. The molecule has 0 aromatic heterocycles. The largest absolute Gasteiger partial charge is 1.00 e. The molecule has 9 heavy (non-hydrogen) atoms. The monoisotopic (exact) mass is 262 g/mol. The summed E-state index contributed by atoms with van der Waals surface area (Å²) in [5.74, 6) is 0.806. The van der Waals surface area contributed by atoms with Crippen LogP contribution >= 0.6 is 11.6 Å². The Morgan fingerprint density at radius 1 is 1.11 bits per heavy atom. The Hall–Kier alpha value is 1.39. The predicted molar refractivity (Wildman–Crippen MR) is 34.5 cm³/mol. The number of hydrogen-bond donors (Lipinski definition) is 0. The van der Waals surface area contributed by atoms with Crippen molar-refractivity contribution >= 4 is 11.6 Å². The normalized spacial score (nSPS) is 7.33. The van der Waals surface area contributed by atoms with E-state index in [-0.39, 0.29) is 36.5 Å². The zero-order valence-electron chi connectivity index (χ0n) is 5.71. The van der Waals surface area contributed by atoms with Crippen LogP contribution in [0.5, 0.6) is 0 Å². The molecule has 0 saturated heterocycles. The van der Waals surface area contributed by atoms with E-state index in [9.17, 15) is 0 Å². The molecule has 0 unspecified atom stereocenters. The average Bonchev–Trinajstić information content (AvgIpc) is 1.69. The molecule has 3 heteroatoms. The maximum absolute atomic E-state index is 5.42. The molecule has 0 aliphatic heterocycles. The first-order chi connectivity index (χ1) is 3.41. The molecule has 0 nitrogen and oxygen atoms in total. The zero-order chi connectivity index (χ0) is 5.54. The van der Waals surface area contributed by atoms with Gasteiger partial charge >= 0.3 is 0 Å². The third kappa shape index (κ3) is 17.7. The van der Waals surface area contributed by atoms with E-state index < -0.39 is 0 Å². The number of alkyl halides is 1. The molecule has 0 aliphatic rings. The Morgan fingerprint density at radius 2 is 1.67 bits per heavy atom. The third-order valence-electron chi connectivity index (χ3n) is 0.884. The minimum absolute atomic E-state index is 0. The van der Waals surface area contributed by atoms with Crippen molar-refractivity contribution in [2.24, 2.45) is 0 Å². The molecule has 0 rings (SSSR count). The van der Waals surface area contributed by atoms with Crippen LogP contribution in [0, 0.1) is 6.92 Å². The molecular formula is C6H12BrClZn-. The molecule has 0 heterocycles. The van der Waals surface area contributed by atoms with Gasteiger partial charge in [-0.2, -0.15) is 0 Å². The minimum Gasteiger partial charge on any atom is -1.00 e. The first-order valence-electron chi connectivity index (χ1n) is 2.77. The summed E-state index contributed by atoms with van der Waals surface area (Å²) in [6, 6.07) is 0. The Labute approximate surface area is 86.3 Å². The van der Waals surface area contributed by atoms with Crippen LogP contribution in [0.25, 0.3) is 0 Å². The van der Waals surface area contributed by atoms with Gasteiger partial charge in [0, 0.05) is 25.4 Å². The van der Waals surface area contributed by atoms with Crippen molar-refractivity contribution in [3.05, 3.63) is 6.92 Å². The summed E-state index contributed by atoms with van der Waals surface area (Å²) in [5, 5.41) is 0. The molecule has 0 aromatic rings. The van der Waals surface area contributed by atoms with Crippen molar-refractivity contribution in [2.45, 2.75) is 25.7 Å². The quantitative estimate of drug-likeness (QED) is 0.369. The fraction of sp³-hybridized carbons (Fsp3) is 0.833. The van der Waals surface area contributed by atoms with E-state index in [1.807, 2.05) is 0 Å². The number of hydrogen-bond acceptors (Lipinski definition) is 0. The van der Waals surface area contributed by atoms with Crippen molar-refractivity contribution < 1.29 is 36.5 Å². The molecule has 0 bridgehead atoms. The van der Waals surface area contributed by atoms with E-state index in [0.717, 1.165) is 18.7 Å². The van der Waals surface area contributed by atoms with Crippen LogP contribution in [-0.4, -0.2) is 5.88 Å². The Bertz CT molecular complexity index is 32.2. The van der Waals surface area contributed by atoms with Crippen molar-refractivity contribution in [2.75, 3.05) is 5.88 Å². The fourth-order valence-electron chi connectivity index (χ4n) is 0.448. The van der Waals surface area contributed by atoms with Gasteiger partial charge in [-0.1, -0.05) is 26.2 Å². The van der Waals surface area contributed by atoms with E-state index in [1.54, 1.807) is 0 Å². The van der Waals surface area contributed by atoms with Gasteiger partial charge in [-0.25, -0.2) is 0 Å². The number of rotatable bonds is 4. The summed E-state index contributed by atoms with van der Waals surface area (Å²) in [4.78, 5) is 0. The Balaban J connectivity index is -0.000000180. The van der Waals surface area contributed by atoms with Gasteiger partial charge in [-0.05, 0) is 6.42 Å². The van der Waals surface area contributed by atoms with Gasteiger partial charge in [0.15, 0.2) is 0 Å². The molecule has 0 atom stereocenters. The average molecular weight is 265 g/mol. The fourth-order valence-corrected chi connectivity index (χ4v) is 0.637. The van der Waals surface area contributed by atoms with Crippen molar-refractivity contribution in [3.8, 4) is 0 Å². The van der Waals surface area contributed by atoms with Crippen molar-refractivity contribution in [1.82, 2.24) is 0 Å². The Kier molecular flexibility index (Phi) is 30.2. The zero-order valence-corrected chi connectivity index (χ0v) is 11.0. The summed E-state index contributed by atoms with van der Waals surface area (Å²) in [6.45, 7) is 3.71. The third-order valence-corrected chi connectivity index (χ3v) is 1.15. The van der Waals surface area contributed by atoms with Crippen LogP contribution in [0.3, 0.4) is 0 Å². The van der Waals surface area contributed by atoms with E-state index in [0.29, 0.717) is 0 Å². The van der Waals surface area contributed by atoms with E-state index in [2.05, 4.69) is 6.92 Å². The topological polar surface area (TPSA) is 0 Å². The smallest absolute Gasteiger partial charge is 0.0223 e. The van der Waals surface area contributed by atoms with Crippen LogP contribution in [0.2, 0.25) is 0 Å². The van der Waals surface area contributed by atoms with E-state index in [1.165, 1.54) is 12.8 Å². The second-order valence-electron chi connectivity index (χ2n) is 1.60. The van der Waals surface area contributed by atoms with Gasteiger partial charge in [-0.3, -0.25) is 0 Å². The Morgan fingerprint density at radius 3 is 2.00 bits per heavy atom. The maximum Gasteiger partial charge on any atom is 0.0223 e. The molecule has 1 radical (unpaired) electrons. The number of unbranched alkanes of at least 4 members (excludes halogenated alkanes) is 3. The molecule has 53 valence electrons. The summed E-state index contributed by atoms with van der Waals surface area (Å²) < 4.78 is 0. The van der Waals surface area contributed by atoms with Crippen molar-refractivity contribution in [1.29, 1.82) is 0 Å². The van der Waals surface area contributed by atoms with Crippen LogP contribution < -0.4 is 17.0 Å². The van der Waals surface area contributed by atoms with E-state index >= 15 is 0 Å². The molecule has 0 N–H and O–H groups in total. The molecule has 0 saturated carbocycles. The van der Waals surface area contributed by atoms with Gasteiger partial charge in [0.05, 0.1) is 0 Å². The standard InChI is InChI=1S/C6H12Cl.BrH.Zn/c1-2-3-4-5-6-7;;/h1-6H2;1H;/p-1. The first-order valence-corrected chi connectivity index (χ1v) is 3.30. The maximum atomic E-state index is 5.42. The molecule has 0 spiro atoms. The van der Waals surface area contributed by atoms with Crippen LogP contribution in [0.15, 0.2) is 0 Å². The van der Waals surface area contributed by atoms with Gasteiger partial charge in [0.25, 0.3) is 0 Å². The van der Waals surface area contributed by atoms with Crippen molar-refractivity contribution in [3.63, 3.8) is 0 Å². The van der Waals surface area contributed by atoms with Crippen LogP contribution in [0.4, 0.5) is 0 Å². The van der Waals surface area contributed by atoms with E-state index in [4.69, 9.17) is 11.6 Å². The molecule has 0 aliphatic carbocycles. The summed E-state index contributed by atoms with van der Waals surface area (Å²) in [6.07, 6.45) is 4.67. The second-order valence-corrected chi connectivity index (χ2v) is 1.98. The minimum atomic E-state index is 0.